The quantitative estimate of drug-likeness (QED) is 0.326. The second kappa shape index (κ2) is 12.4. The van der Waals surface area contributed by atoms with Gasteiger partial charge in [-0.15, -0.1) is 0 Å². The molecule has 3 aromatic rings. The average molecular weight is 623 g/mol. The molecule has 0 bridgehead atoms. The lowest BCUT2D eigenvalue weighted by atomic mass is 9.97. The fourth-order valence-corrected chi connectivity index (χ4v) is 5.54. The monoisotopic (exact) mass is 622 g/mol. The van der Waals surface area contributed by atoms with Crippen LogP contribution in [0.4, 0.5) is 38.0 Å². The molecule has 44 heavy (non-hydrogen) atoms. The number of carbonyl (C=O) groups is 2. The molecule has 9 nitrogen and oxygen atoms in total. The number of pyridine rings is 1. The van der Waals surface area contributed by atoms with E-state index >= 15 is 0 Å². The lowest BCUT2D eigenvalue weighted by Gasteiger charge is -2.30. The number of nitrogens with one attached hydrogen (secondary N) is 1. The smallest absolute Gasteiger partial charge is 0.416 e. The highest BCUT2D eigenvalue weighted by Crippen LogP contribution is 2.36. The topological polar surface area (TPSA) is 112 Å². The summed E-state index contributed by atoms with van der Waals surface area (Å²) >= 11 is 0. The van der Waals surface area contributed by atoms with E-state index in [0.717, 1.165) is 12.1 Å². The number of piperidine rings is 1. The maximum atomic E-state index is 13.7. The molecule has 15 heteroatoms. The number of amides is 1. The Kier molecular flexibility index (Phi) is 8.77. The van der Waals surface area contributed by atoms with E-state index in [4.69, 9.17) is 0 Å². The molecule has 1 amide bonds. The largest absolute Gasteiger partial charge is 0.481 e. The highest BCUT2D eigenvalue weighted by molar-refractivity contribution is 6.02. The normalized spacial score (nSPS) is 18.4. The van der Waals surface area contributed by atoms with Crippen LogP contribution in [-0.2, 0) is 17.5 Å². The van der Waals surface area contributed by atoms with Crippen LogP contribution in [0.15, 0.2) is 48.9 Å². The number of alkyl halides is 6. The van der Waals surface area contributed by atoms with Crippen LogP contribution in [0.2, 0.25) is 0 Å². The minimum absolute atomic E-state index is 0.0186. The molecule has 2 N–H and O–H groups in total. The molecule has 234 valence electrons. The van der Waals surface area contributed by atoms with Crippen LogP contribution >= 0.6 is 0 Å². The summed E-state index contributed by atoms with van der Waals surface area (Å²) in [6.07, 6.45) is -3.87. The van der Waals surface area contributed by atoms with Gasteiger partial charge in [-0.25, -0.2) is 15.0 Å². The van der Waals surface area contributed by atoms with Crippen LogP contribution in [0.3, 0.4) is 0 Å². The molecular formula is C29H28F6N6O3. The van der Waals surface area contributed by atoms with Gasteiger partial charge in [0, 0.05) is 31.4 Å². The number of benzene rings is 1. The van der Waals surface area contributed by atoms with E-state index in [2.05, 4.69) is 20.3 Å². The molecule has 2 aromatic heterocycles. The first-order valence-electron chi connectivity index (χ1n) is 13.9. The summed E-state index contributed by atoms with van der Waals surface area (Å²) in [5, 5.41) is 11.7. The second-order valence-corrected chi connectivity index (χ2v) is 10.8. The Hall–Kier alpha value is -4.27. The Morgan fingerprint density at radius 3 is 2.20 bits per heavy atom. The van der Waals surface area contributed by atoms with Crippen molar-refractivity contribution in [3.8, 4) is 11.1 Å². The number of halogens is 6. The van der Waals surface area contributed by atoms with Crippen molar-refractivity contribution in [3.63, 3.8) is 0 Å². The van der Waals surface area contributed by atoms with Crippen LogP contribution in [0, 0.1) is 5.92 Å². The van der Waals surface area contributed by atoms with E-state index in [0.29, 0.717) is 54.9 Å². The van der Waals surface area contributed by atoms with Crippen molar-refractivity contribution >= 4 is 23.5 Å². The molecule has 0 unspecified atom stereocenters. The molecule has 4 heterocycles. The van der Waals surface area contributed by atoms with Crippen LogP contribution in [0.1, 0.15) is 47.3 Å². The molecule has 2 saturated heterocycles. The van der Waals surface area contributed by atoms with E-state index in [1.54, 1.807) is 0 Å². The number of hydrogen-bond donors (Lipinski definition) is 2. The van der Waals surface area contributed by atoms with Gasteiger partial charge in [0.05, 0.1) is 23.9 Å². The van der Waals surface area contributed by atoms with E-state index in [1.807, 2.05) is 4.90 Å². The van der Waals surface area contributed by atoms with Crippen LogP contribution in [0.25, 0.3) is 11.1 Å². The fraction of sp³-hybridized carbons (Fsp3) is 0.414. The molecule has 2 fully saturated rings. The highest BCUT2D eigenvalue weighted by atomic mass is 19.4. The standard InChI is InChI=1S/C29H28F6N6O3/c30-28(31,32)20-5-3-17(4-6-20)21-13-37-24(12-19(21)16-41-9-1-2-23(41)29(33,34)35)39-26(42)22-14-38-25(15-36-22)40-10-7-18(8-11-40)27(43)44/h3-6,12-15,18,23H,1-2,7-11,16H2,(H,43,44)(H,37,39,42)/t23-/m0/s1. The predicted octanol–water partition coefficient (Wildman–Crippen LogP) is 5.64. The van der Waals surface area contributed by atoms with E-state index in [9.17, 15) is 41.0 Å². The van der Waals surface area contributed by atoms with Gasteiger partial charge in [0.2, 0.25) is 0 Å². The molecule has 0 saturated carbocycles. The number of aliphatic carboxylic acids is 1. The first kappa shape index (κ1) is 31.2. The molecule has 5 rings (SSSR count). The molecule has 2 aliphatic rings. The van der Waals surface area contributed by atoms with Gasteiger partial charge in [-0.2, -0.15) is 26.3 Å². The third-order valence-corrected chi connectivity index (χ3v) is 7.91. The fourth-order valence-electron chi connectivity index (χ4n) is 5.54. The predicted molar refractivity (Wildman–Crippen MR) is 147 cm³/mol. The molecular weight excluding hydrogens is 594 g/mol. The van der Waals surface area contributed by atoms with Crippen molar-refractivity contribution in [2.75, 3.05) is 29.9 Å². The minimum Gasteiger partial charge on any atom is -0.481 e. The summed E-state index contributed by atoms with van der Waals surface area (Å²) < 4.78 is 80.3. The Balaban J connectivity index is 1.36. The number of nitrogens with zero attached hydrogens (tertiary/aromatic N) is 5. The number of anilines is 2. The molecule has 2 aliphatic heterocycles. The summed E-state index contributed by atoms with van der Waals surface area (Å²) in [5.41, 5.74) is 0.0851. The van der Waals surface area contributed by atoms with E-state index in [-0.39, 0.29) is 31.0 Å². The van der Waals surface area contributed by atoms with Gasteiger partial charge >= 0.3 is 18.3 Å². The molecule has 0 aliphatic carbocycles. The number of aromatic nitrogens is 3. The third-order valence-electron chi connectivity index (χ3n) is 7.91. The number of rotatable bonds is 7. The van der Waals surface area contributed by atoms with Crippen molar-refractivity contribution in [2.24, 2.45) is 5.92 Å². The highest BCUT2D eigenvalue weighted by Gasteiger charge is 2.45. The first-order chi connectivity index (χ1) is 20.8. The summed E-state index contributed by atoms with van der Waals surface area (Å²) in [4.78, 5) is 39.9. The number of likely N-dealkylation sites (tertiary alicyclic amines) is 1. The first-order valence-corrected chi connectivity index (χ1v) is 13.9. The molecule has 0 spiro atoms. The van der Waals surface area contributed by atoms with Crippen LogP contribution in [0.5, 0.6) is 0 Å². The van der Waals surface area contributed by atoms with Gasteiger partial charge in [-0.05, 0) is 61.6 Å². The minimum atomic E-state index is -4.55. The third kappa shape index (κ3) is 7.09. The summed E-state index contributed by atoms with van der Waals surface area (Å²) in [6.45, 7) is 0.957. The lowest BCUT2D eigenvalue weighted by Crippen LogP contribution is -2.40. The van der Waals surface area contributed by atoms with E-state index < -0.39 is 41.8 Å². The number of carboxylic acids is 1. The van der Waals surface area contributed by atoms with E-state index in [1.165, 1.54) is 41.7 Å². The van der Waals surface area contributed by atoms with Gasteiger partial charge in [-0.3, -0.25) is 14.5 Å². The van der Waals surface area contributed by atoms with Gasteiger partial charge in [-0.1, -0.05) is 12.1 Å². The molecule has 0 radical (unpaired) electrons. The van der Waals surface area contributed by atoms with Gasteiger partial charge in [0.15, 0.2) is 0 Å². The Bertz CT molecular complexity index is 1490. The zero-order valence-corrected chi connectivity index (χ0v) is 23.2. The number of carbonyl (C=O) groups excluding carboxylic acids is 1. The van der Waals surface area contributed by atoms with Crippen LogP contribution < -0.4 is 10.2 Å². The van der Waals surface area contributed by atoms with Crippen molar-refractivity contribution in [3.05, 3.63) is 65.7 Å². The zero-order valence-electron chi connectivity index (χ0n) is 23.2. The van der Waals surface area contributed by atoms with Crippen LogP contribution in [-0.4, -0.2) is 68.7 Å². The summed E-state index contributed by atoms with van der Waals surface area (Å²) in [7, 11) is 0. The summed E-state index contributed by atoms with van der Waals surface area (Å²) in [5.74, 6) is -1.44. The number of carboxylic acid groups (broad SMARTS) is 1. The SMILES string of the molecule is O=C(Nc1cc(CN2CCC[C@H]2C(F)(F)F)c(-c2ccc(C(F)(F)F)cc2)cn1)c1cnc(N2CCC(C(=O)O)CC2)cn1. The van der Waals surface area contributed by atoms with Gasteiger partial charge < -0.3 is 15.3 Å². The average Bonchev–Trinajstić information content (AvgIpc) is 3.46. The van der Waals surface area contributed by atoms with Crippen molar-refractivity contribution < 1.29 is 41.0 Å². The van der Waals surface area contributed by atoms with Gasteiger partial charge in [0.1, 0.15) is 23.4 Å². The lowest BCUT2D eigenvalue weighted by molar-refractivity contribution is -0.177. The maximum Gasteiger partial charge on any atom is 0.416 e. The Morgan fingerprint density at radius 2 is 1.61 bits per heavy atom. The summed E-state index contributed by atoms with van der Waals surface area (Å²) in [6, 6.07) is 3.98. The van der Waals surface area contributed by atoms with Gasteiger partial charge in [0.25, 0.3) is 5.91 Å². The number of hydrogen-bond acceptors (Lipinski definition) is 7. The zero-order chi connectivity index (χ0) is 31.6. The van der Waals surface area contributed by atoms with Crippen molar-refractivity contribution in [1.29, 1.82) is 0 Å². The Morgan fingerprint density at radius 1 is 0.909 bits per heavy atom. The van der Waals surface area contributed by atoms with Crippen molar-refractivity contribution in [2.45, 2.75) is 50.6 Å². The second-order valence-electron chi connectivity index (χ2n) is 10.8. The Labute approximate surface area is 247 Å². The molecule has 1 aromatic carbocycles. The van der Waals surface area contributed by atoms with Crippen molar-refractivity contribution in [1.82, 2.24) is 19.9 Å². The maximum absolute atomic E-state index is 13.7. The molecule has 1 atom stereocenters.